The number of likely N-dealkylation sites (N-methyl/N-ethyl adjacent to an activating group) is 2. The zero-order valence-electron chi connectivity index (χ0n) is 13.5. The van der Waals surface area contributed by atoms with E-state index in [1.807, 2.05) is 0 Å². The van der Waals surface area contributed by atoms with E-state index in [2.05, 4.69) is 50.1 Å². The van der Waals surface area contributed by atoms with Crippen LogP contribution >= 0.6 is 0 Å². The van der Waals surface area contributed by atoms with Crippen LogP contribution in [-0.4, -0.2) is 76.4 Å². The maximum Gasteiger partial charge on any atom is 0.0510 e. The molecule has 1 aliphatic heterocycles. The summed E-state index contributed by atoms with van der Waals surface area (Å²) in [6, 6.07) is 0.559. The summed E-state index contributed by atoms with van der Waals surface area (Å²) < 4.78 is 5.53. The third-order valence-corrected chi connectivity index (χ3v) is 3.85. The second kappa shape index (κ2) is 8.90. The predicted molar refractivity (Wildman–Crippen MR) is 81.6 cm³/mol. The second-order valence-corrected chi connectivity index (χ2v) is 6.48. The van der Waals surface area contributed by atoms with Crippen LogP contribution in [0.2, 0.25) is 0 Å². The van der Waals surface area contributed by atoms with Gasteiger partial charge in [-0.2, -0.15) is 0 Å². The SMILES string of the molecule is CNC(CN(CCN(C)C)CC(C)C)C1CCOC1. The highest BCUT2D eigenvalue weighted by atomic mass is 16.5. The van der Waals surface area contributed by atoms with Crippen molar-refractivity contribution in [1.29, 1.82) is 0 Å². The first kappa shape index (κ1) is 16.9. The lowest BCUT2D eigenvalue weighted by atomic mass is 9.98. The van der Waals surface area contributed by atoms with E-state index in [0.29, 0.717) is 12.0 Å². The van der Waals surface area contributed by atoms with Crippen LogP contribution < -0.4 is 5.32 Å². The molecule has 1 saturated heterocycles. The van der Waals surface area contributed by atoms with E-state index in [1.54, 1.807) is 0 Å². The van der Waals surface area contributed by atoms with Crippen molar-refractivity contribution < 1.29 is 4.74 Å². The Labute approximate surface area is 119 Å². The maximum absolute atomic E-state index is 5.53. The predicted octanol–water partition coefficient (Wildman–Crippen LogP) is 1.13. The summed E-state index contributed by atoms with van der Waals surface area (Å²) in [6.07, 6.45) is 1.20. The van der Waals surface area contributed by atoms with Crippen molar-refractivity contribution in [2.45, 2.75) is 26.3 Å². The first-order chi connectivity index (χ1) is 9.02. The quantitative estimate of drug-likeness (QED) is 0.680. The Morgan fingerprint density at radius 2 is 1.95 bits per heavy atom. The topological polar surface area (TPSA) is 27.7 Å². The first-order valence-corrected chi connectivity index (χ1v) is 7.65. The Morgan fingerprint density at radius 3 is 2.42 bits per heavy atom. The van der Waals surface area contributed by atoms with Gasteiger partial charge in [0.05, 0.1) is 6.61 Å². The molecule has 4 heteroatoms. The molecule has 0 aromatic heterocycles. The lowest BCUT2D eigenvalue weighted by molar-refractivity contribution is 0.153. The number of rotatable bonds is 9. The number of hydrogen-bond donors (Lipinski definition) is 1. The molecule has 1 fully saturated rings. The summed E-state index contributed by atoms with van der Waals surface area (Å²) in [5, 5.41) is 3.50. The fourth-order valence-electron chi connectivity index (χ4n) is 2.74. The van der Waals surface area contributed by atoms with Crippen LogP contribution in [0.25, 0.3) is 0 Å². The first-order valence-electron chi connectivity index (χ1n) is 7.65. The maximum atomic E-state index is 5.53. The third-order valence-electron chi connectivity index (χ3n) is 3.85. The van der Waals surface area contributed by atoms with E-state index in [1.165, 1.54) is 13.0 Å². The molecule has 1 rings (SSSR count). The number of nitrogens with one attached hydrogen (secondary N) is 1. The van der Waals surface area contributed by atoms with Crippen molar-refractivity contribution in [2.75, 3.05) is 60.5 Å². The molecule has 0 aromatic rings. The van der Waals surface area contributed by atoms with Crippen LogP contribution in [0.5, 0.6) is 0 Å². The normalized spacial score (nSPS) is 21.8. The van der Waals surface area contributed by atoms with Gasteiger partial charge in [-0.15, -0.1) is 0 Å². The zero-order valence-corrected chi connectivity index (χ0v) is 13.5. The van der Waals surface area contributed by atoms with Crippen LogP contribution in [0.4, 0.5) is 0 Å². The smallest absolute Gasteiger partial charge is 0.0510 e. The summed E-state index contributed by atoms with van der Waals surface area (Å²) >= 11 is 0. The van der Waals surface area contributed by atoms with Crippen LogP contribution in [0, 0.1) is 11.8 Å². The van der Waals surface area contributed by atoms with Crippen LogP contribution in [0.15, 0.2) is 0 Å². The molecule has 0 bridgehead atoms. The highest BCUT2D eigenvalue weighted by molar-refractivity contribution is 4.82. The van der Waals surface area contributed by atoms with Gasteiger partial charge in [0.2, 0.25) is 0 Å². The van der Waals surface area contributed by atoms with Crippen molar-refractivity contribution >= 4 is 0 Å². The van der Waals surface area contributed by atoms with Gasteiger partial charge in [-0.05, 0) is 33.5 Å². The molecule has 0 spiro atoms. The minimum atomic E-state index is 0.559. The van der Waals surface area contributed by atoms with Gasteiger partial charge in [0, 0.05) is 44.7 Å². The number of hydrogen-bond acceptors (Lipinski definition) is 4. The summed E-state index contributed by atoms with van der Waals surface area (Å²) in [6.45, 7) is 11.1. The number of ether oxygens (including phenoxy) is 1. The van der Waals surface area contributed by atoms with Crippen LogP contribution in [0.3, 0.4) is 0 Å². The number of nitrogens with zero attached hydrogens (tertiary/aromatic N) is 2. The van der Waals surface area contributed by atoms with Gasteiger partial charge in [-0.1, -0.05) is 13.8 Å². The minimum absolute atomic E-state index is 0.559. The van der Waals surface area contributed by atoms with Crippen LogP contribution in [-0.2, 0) is 4.74 Å². The second-order valence-electron chi connectivity index (χ2n) is 6.48. The average Bonchev–Trinajstić information content (AvgIpc) is 2.85. The molecule has 0 amide bonds. The van der Waals surface area contributed by atoms with E-state index < -0.39 is 0 Å². The summed E-state index contributed by atoms with van der Waals surface area (Å²) in [5.41, 5.74) is 0. The van der Waals surface area contributed by atoms with Gasteiger partial charge in [-0.3, -0.25) is 0 Å². The molecule has 2 atom stereocenters. The van der Waals surface area contributed by atoms with E-state index in [-0.39, 0.29) is 0 Å². The Morgan fingerprint density at radius 1 is 1.21 bits per heavy atom. The summed E-state index contributed by atoms with van der Waals surface area (Å²) in [5.74, 6) is 1.40. The molecule has 0 aliphatic carbocycles. The molecule has 1 N–H and O–H groups in total. The Balaban J connectivity index is 2.47. The molecule has 114 valence electrons. The lowest BCUT2D eigenvalue weighted by Crippen LogP contribution is -2.47. The van der Waals surface area contributed by atoms with E-state index >= 15 is 0 Å². The van der Waals surface area contributed by atoms with E-state index in [0.717, 1.165) is 38.8 Å². The minimum Gasteiger partial charge on any atom is -0.381 e. The molecular weight excluding hydrogens is 238 g/mol. The Hall–Kier alpha value is -0.160. The van der Waals surface area contributed by atoms with Gasteiger partial charge in [0.15, 0.2) is 0 Å². The zero-order chi connectivity index (χ0) is 14.3. The van der Waals surface area contributed by atoms with Gasteiger partial charge in [-0.25, -0.2) is 0 Å². The largest absolute Gasteiger partial charge is 0.381 e. The monoisotopic (exact) mass is 271 g/mol. The molecule has 0 radical (unpaired) electrons. The molecule has 1 heterocycles. The third kappa shape index (κ3) is 6.70. The molecule has 2 unspecified atom stereocenters. The molecule has 0 aromatic carbocycles. The molecule has 4 nitrogen and oxygen atoms in total. The van der Waals surface area contributed by atoms with E-state index in [9.17, 15) is 0 Å². The van der Waals surface area contributed by atoms with Gasteiger partial charge < -0.3 is 19.9 Å². The standard InChI is InChI=1S/C15H33N3O/c1-13(2)10-18(8-7-17(4)5)11-15(16-3)14-6-9-19-12-14/h13-16H,6-12H2,1-5H3. The molecule has 19 heavy (non-hydrogen) atoms. The van der Waals surface area contributed by atoms with Gasteiger partial charge in [0.1, 0.15) is 0 Å². The molecular formula is C15H33N3O. The summed E-state index contributed by atoms with van der Waals surface area (Å²) in [4.78, 5) is 4.87. The fourth-order valence-corrected chi connectivity index (χ4v) is 2.74. The molecule has 0 saturated carbocycles. The molecule has 1 aliphatic rings. The van der Waals surface area contributed by atoms with Crippen molar-refractivity contribution in [1.82, 2.24) is 15.1 Å². The van der Waals surface area contributed by atoms with E-state index in [4.69, 9.17) is 4.74 Å². The van der Waals surface area contributed by atoms with Crippen LogP contribution in [0.1, 0.15) is 20.3 Å². The Bertz CT molecular complexity index is 227. The Kier molecular flexibility index (Phi) is 7.91. The van der Waals surface area contributed by atoms with Crippen molar-refractivity contribution in [3.63, 3.8) is 0 Å². The average molecular weight is 271 g/mol. The fraction of sp³-hybridized carbons (Fsp3) is 1.00. The summed E-state index contributed by atoms with van der Waals surface area (Å²) in [7, 11) is 6.38. The van der Waals surface area contributed by atoms with Crippen molar-refractivity contribution in [3.05, 3.63) is 0 Å². The van der Waals surface area contributed by atoms with Gasteiger partial charge >= 0.3 is 0 Å². The highest BCUT2D eigenvalue weighted by Gasteiger charge is 2.26. The van der Waals surface area contributed by atoms with Crippen molar-refractivity contribution in [3.8, 4) is 0 Å². The lowest BCUT2D eigenvalue weighted by Gasteiger charge is -2.32. The highest BCUT2D eigenvalue weighted by Crippen LogP contribution is 2.17. The van der Waals surface area contributed by atoms with Crippen molar-refractivity contribution in [2.24, 2.45) is 11.8 Å². The van der Waals surface area contributed by atoms with Gasteiger partial charge in [0.25, 0.3) is 0 Å².